The summed E-state index contributed by atoms with van der Waals surface area (Å²) in [5, 5.41) is 0. The van der Waals surface area contributed by atoms with Crippen molar-refractivity contribution in [1.82, 2.24) is 0 Å². The molecule has 0 aromatic carbocycles. The summed E-state index contributed by atoms with van der Waals surface area (Å²) < 4.78 is 0. The quantitative estimate of drug-likeness (QED) is 0.322. The third kappa shape index (κ3) is 5.61. The molecular weight excluding hydrogens is 300 g/mol. The Bertz CT molecular complexity index is 373. The Morgan fingerprint density at radius 2 is 1.40 bits per heavy atom. The average Bonchev–Trinajstić information content (AvgIpc) is 2.87. The van der Waals surface area contributed by atoms with E-state index in [0.29, 0.717) is 0 Å². The molecule has 0 aliphatic heterocycles. The van der Waals surface area contributed by atoms with Crippen molar-refractivity contribution in [1.29, 1.82) is 0 Å². The molecule has 5 atom stereocenters. The molecule has 2 aliphatic carbocycles. The normalized spacial score (nSPS) is 35.0. The van der Waals surface area contributed by atoms with Crippen LogP contribution in [0.5, 0.6) is 0 Å². The van der Waals surface area contributed by atoms with E-state index in [9.17, 15) is 0 Å². The van der Waals surface area contributed by atoms with E-state index in [-0.39, 0.29) is 0 Å². The predicted molar refractivity (Wildman–Crippen MR) is 113 cm³/mol. The second kappa shape index (κ2) is 10.2. The van der Waals surface area contributed by atoms with E-state index in [1.54, 1.807) is 0 Å². The summed E-state index contributed by atoms with van der Waals surface area (Å²) in [4.78, 5) is 0. The minimum Gasteiger partial charge on any atom is -0.103 e. The van der Waals surface area contributed by atoms with Crippen LogP contribution < -0.4 is 0 Å². The van der Waals surface area contributed by atoms with Gasteiger partial charge in [0.05, 0.1) is 0 Å². The van der Waals surface area contributed by atoms with Crippen molar-refractivity contribution in [2.45, 2.75) is 98.8 Å². The fraction of sp³-hybridized carbons (Fsp3) is 0.920. The minimum atomic E-state index is 0.817. The molecule has 0 bridgehead atoms. The first-order valence-electron chi connectivity index (χ1n) is 11.6. The molecule has 0 aromatic rings. The molecule has 2 fully saturated rings. The molecule has 0 heterocycles. The van der Waals surface area contributed by atoms with E-state index in [1.807, 2.05) is 0 Å². The largest absolute Gasteiger partial charge is 0.103 e. The number of rotatable bonds is 7. The van der Waals surface area contributed by atoms with Gasteiger partial charge in [0, 0.05) is 0 Å². The van der Waals surface area contributed by atoms with Crippen LogP contribution in [-0.2, 0) is 0 Å². The Morgan fingerprint density at radius 1 is 0.800 bits per heavy atom. The summed E-state index contributed by atoms with van der Waals surface area (Å²) in [5.41, 5.74) is 0. The van der Waals surface area contributed by atoms with Gasteiger partial charge in [-0.15, -0.1) is 6.58 Å². The molecule has 0 radical (unpaired) electrons. The van der Waals surface area contributed by atoms with Crippen LogP contribution in [0.1, 0.15) is 98.8 Å². The fourth-order valence-corrected chi connectivity index (χ4v) is 6.24. The predicted octanol–water partition coefficient (Wildman–Crippen LogP) is 8.13. The Morgan fingerprint density at radius 3 is 1.96 bits per heavy atom. The first-order valence-corrected chi connectivity index (χ1v) is 11.6. The summed E-state index contributed by atoms with van der Waals surface area (Å²) in [6, 6.07) is 0. The van der Waals surface area contributed by atoms with Gasteiger partial charge in [-0.25, -0.2) is 0 Å². The Hall–Kier alpha value is -0.260. The second-order valence-electron chi connectivity index (χ2n) is 9.97. The molecular formula is C25H46. The number of allylic oxidation sites excluding steroid dienone is 1. The molecule has 0 spiro atoms. The molecule has 0 amide bonds. The smallest absolute Gasteiger partial charge is 0.0236 e. The lowest BCUT2D eigenvalue weighted by Gasteiger charge is -2.36. The maximum absolute atomic E-state index is 4.02. The Balaban J connectivity index is 1.90. The molecule has 146 valence electrons. The Labute approximate surface area is 159 Å². The van der Waals surface area contributed by atoms with Crippen molar-refractivity contribution < 1.29 is 0 Å². The molecule has 2 rings (SSSR count). The lowest BCUT2D eigenvalue weighted by Crippen LogP contribution is -2.28. The fourth-order valence-electron chi connectivity index (χ4n) is 6.24. The van der Waals surface area contributed by atoms with Crippen LogP contribution >= 0.6 is 0 Å². The van der Waals surface area contributed by atoms with Crippen molar-refractivity contribution in [3.63, 3.8) is 0 Å². The minimum absolute atomic E-state index is 0.817. The maximum atomic E-state index is 4.02. The molecule has 2 aliphatic rings. The summed E-state index contributed by atoms with van der Waals surface area (Å²) >= 11 is 0. The van der Waals surface area contributed by atoms with Gasteiger partial charge in [0.15, 0.2) is 0 Å². The van der Waals surface area contributed by atoms with Crippen molar-refractivity contribution in [3.05, 3.63) is 12.7 Å². The first kappa shape index (κ1) is 21.0. The van der Waals surface area contributed by atoms with E-state index in [4.69, 9.17) is 0 Å². The van der Waals surface area contributed by atoms with Crippen LogP contribution in [0.25, 0.3) is 0 Å². The lowest BCUT2D eigenvalue weighted by atomic mass is 9.69. The summed E-state index contributed by atoms with van der Waals surface area (Å²) in [6.45, 7) is 16.3. The number of hydrogen-bond donors (Lipinski definition) is 0. The molecule has 0 heteroatoms. The van der Waals surface area contributed by atoms with Crippen molar-refractivity contribution in [2.75, 3.05) is 0 Å². The molecule has 5 unspecified atom stereocenters. The van der Waals surface area contributed by atoms with Gasteiger partial charge in [0.25, 0.3) is 0 Å². The van der Waals surface area contributed by atoms with E-state index in [1.165, 1.54) is 64.2 Å². The molecule has 0 N–H and O–H groups in total. The van der Waals surface area contributed by atoms with Crippen LogP contribution in [0.2, 0.25) is 0 Å². The van der Waals surface area contributed by atoms with Gasteiger partial charge >= 0.3 is 0 Å². The van der Waals surface area contributed by atoms with Gasteiger partial charge in [-0.3, -0.25) is 0 Å². The van der Waals surface area contributed by atoms with Crippen LogP contribution in [-0.4, -0.2) is 0 Å². The van der Waals surface area contributed by atoms with Crippen LogP contribution in [0.15, 0.2) is 12.7 Å². The second-order valence-corrected chi connectivity index (χ2v) is 9.97. The molecule has 0 saturated heterocycles. The zero-order chi connectivity index (χ0) is 18.4. The highest BCUT2D eigenvalue weighted by Crippen LogP contribution is 2.44. The highest BCUT2D eigenvalue weighted by Gasteiger charge is 2.33. The third-order valence-corrected chi connectivity index (χ3v) is 8.51. The molecule has 0 nitrogen and oxygen atoms in total. The Kier molecular flexibility index (Phi) is 8.56. The average molecular weight is 347 g/mol. The van der Waals surface area contributed by atoms with Crippen LogP contribution in [0, 0.1) is 47.3 Å². The van der Waals surface area contributed by atoms with E-state index in [2.05, 4.69) is 47.3 Å². The summed E-state index contributed by atoms with van der Waals surface area (Å²) in [6.07, 6.45) is 16.9. The van der Waals surface area contributed by atoms with Gasteiger partial charge in [0.1, 0.15) is 0 Å². The monoisotopic (exact) mass is 346 g/mol. The van der Waals surface area contributed by atoms with Gasteiger partial charge in [0.2, 0.25) is 0 Å². The van der Waals surface area contributed by atoms with Gasteiger partial charge in [-0.1, -0.05) is 66.4 Å². The topological polar surface area (TPSA) is 0 Å². The van der Waals surface area contributed by atoms with E-state index < -0.39 is 0 Å². The summed E-state index contributed by atoms with van der Waals surface area (Å²) in [7, 11) is 0. The third-order valence-electron chi connectivity index (χ3n) is 8.51. The van der Waals surface area contributed by atoms with Crippen molar-refractivity contribution >= 4 is 0 Å². The van der Waals surface area contributed by atoms with Crippen LogP contribution in [0.3, 0.4) is 0 Å². The zero-order valence-electron chi connectivity index (χ0n) is 18.0. The van der Waals surface area contributed by atoms with Crippen molar-refractivity contribution in [3.8, 4) is 0 Å². The zero-order valence-corrected chi connectivity index (χ0v) is 18.0. The highest BCUT2D eigenvalue weighted by molar-refractivity contribution is 4.88. The van der Waals surface area contributed by atoms with E-state index >= 15 is 0 Å². The molecule has 2 saturated carbocycles. The molecule has 0 aromatic heterocycles. The standard InChI is InChI=1S/C25H46/c1-7-21-12-14-23(15-13-21)22-10-9-11-24(17-16-22)25(8-2)20(6)19(5)18(3)4/h7,18-25H,1,8-17H2,2-6H3. The van der Waals surface area contributed by atoms with Gasteiger partial charge < -0.3 is 0 Å². The highest BCUT2D eigenvalue weighted by atomic mass is 14.4. The first-order chi connectivity index (χ1) is 12.0. The van der Waals surface area contributed by atoms with Gasteiger partial charge in [-0.2, -0.15) is 0 Å². The lowest BCUT2D eigenvalue weighted by molar-refractivity contribution is 0.135. The van der Waals surface area contributed by atoms with Gasteiger partial charge in [-0.05, 0) is 85.9 Å². The van der Waals surface area contributed by atoms with Crippen LogP contribution in [0.4, 0.5) is 0 Å². The SMILES string of the molecule is C=CC1CCC(C2CCCC(C(CC)C(C)C(C)C(C)C)CC2)CC1. The van der Waals surface area contributed by atoms with E-state index in [0.717, 1.165) is 47.3 Å². The maximum Gasteiger partial charge on any atom is -0.0236 e. The molecule has 25 heavy (non-hydrogen) atoms. The number of hydrogen-bond acceptors (Lipinski definition) is 0. The summed E-state index contributed by atoms with van der Waals surface area (Å²) in [5.74, 6) is 7.39. The van der Waals surface area contributed by atoms with Crippen molar-refractivity contribution in [2.24, 2.45) is 47.3 Å².